The van der Waals surface area contributed by atoms with E-state index in [2.05, 4.69) is 15.1 Å². The molecule has 1 N–H and O–H groups in total. The van der Waals surface area contributed by atoms with Crippen molar-refractivity contribution >= 4 is 5.91 Å². The summed E-state index contributed by atoms with van der Waals surface area (Å²) < 4.78 is 16.5. The van der Waals surface area contributed by atoms with Crippen LogP contribution in [0.3, 0.4) is 0 Å². The molecule has 0 unspecified atom stereocenters. The summed E-state index contributed by atoms with van der Waals surface area (Å²) >= 11 is 0. The Kier molecular flexibility index (Phi) is 7.61. The van der Waals surface area contributed by atoms with E-state index in [-0.39, 0.29) is 11.9 Å². The zero-order chi connectivity index (χ0) is 20.8. The van der Waals surface area contributed by atoms with Crippen LogP contribution in [0.15, 0.2) is 12.1 Å². The summed E-state index contributed by atoms with van der Waals surface area (Å²) in [5.41, 5.74) is 1.07. The second-order valence-electron chi connectivity index (χ2n) is 7.97. The number of carbonyl (C=O) groups excluding carboxylic acids is 1. The van der Waals surface area contributed by atoms with E-state index in [0.717, 1.165) is 56.9 Å². The molecule has 2 fully saturated rings. The molecule has 0 radical (unpaired) electrons. The van der Waals surface area contributed by atoms with Crippen LogP contribution in [0.5, 0.6) is 17.2 Å². The lowest BCUT2D eigenvalue weighted by Gasteiger charge is -2.38. The fraction of sp³-hybridized carbons (Fsp3) is 0.682. The third kappa shape index (κ3) is 5.14. The van der Waals surface area contributed by atoms with E-state index >= 15 is 0 Å². The van der Waals surface area contributed by atoms with Gasteiger partial charge in [0.25, 0.3) is 0 Å². The molecule has 0 spiro atoms. The van der Waals surface area contributed by atoms with E-state index in [1.54, 1.807) is 21.3 Å². The molecule has 1 atom stereocenters. The van der Waals surface area contributed by atoms with Crippen LogP contribution in [0.4, 0.5) is 0 Å². The number of methoxy groups -OCH3 is 3. The highest BCUT2D eigenvalue weighted by Crippen LogP contribution is 2.40. The van der Waals surface area contributed by atoms with Crippen molar-refractivity contribution in [3.8, 4) is 17.2 Å². The summed E-state index contributed by atoms with van der Waals surface area (Å²) in [6.07, 6.45) is 4.72. The smallest absolute Gasteiger partial charge is 0.237 e. The first kappa shape index (κ1) is 21.7. The van der Waals surface area contributed by atoms with E-state index in [1.807, 2.05) is 19.1 Å². The van der Waals surface area contributed by atoms with Crippen LogP contribution in [0.1, 0.15) is 38.2 Å². The maximum atomic E-state index is 12.6. The maximum absolute atomic E-state index is 12.6. The Morgan fingerprint density at radius 3 is 2.28 bits per heavy atom. The number of ether oxygens (including phenoxy) is 3. The SMILES string of the molecule is COc1ccc(CN2CCN([C@H](C)C(=O)NC3CCCC3)CC2)c(OC)c1OC. The molecule has 0 aromatic heterocycles. The minimum Gasteiger partial charge on any atom is -0.493 e. The van der Waals surface area contributed by atoms with Crippen LogP contribution in [-0.2, 0) is 11.3 Å². The topological polar surface area (TPSA) is 63.3 Å². The lowest BCUT2D eigenvalue weighted by atomic mass is 10.1. The van der Waals surface area contributed by atoms with E-state index < -0.39 is 0 Å². The fourth-order valence-corrected chi connectivity index (χ4v) is 4.40. The first-order valence-electron chi connectivity index (χ1n) is 10.6. The summed E-state index contributed by atoms with van der Waals surface area (Å²) in [7, 11) is 4.91. The van der Waals surface area contributed by atoms with Crippen molar-refractivity contribution < 1.29 is 19.0 Å². The maximum Gasteiger partial charge on any atom is 0.237 e. The monoisotopic (exact) mass is 405 g/mol. The lowest BCUT2D eigenvalue weighted by Crippen LogP contribution is -2.54. The number of nitrogens with one attached hydrogen (secondary N) is 1. The Labute approximate surface area is 174 Å². The summed E-state index contributed by atoms with van der Waals surface area (Å²) in [4.78, 5) is 17.3. The van der Waals surface area contributed by atoms with Gasteiger partial charge in [0.2, 0.25) is 11.7 Å². The molecule has 1 aromatic carbocycles. The summed E-state index contributed by atoms with van der Waals surface area (Å²) in [5.74, 6) is 2.19. The molecule has 0 bridgehead atoms. The predicted octanol–water partition coefficient (Wildman–Crippen LogP) is 2.28. The van der Waals surface area contributed by atoms with Crippen LogP contribution in [-0.4, -0.2) is 75.3 Å². The predicted molar refractivity (Wildman–Crippen MR) is 113 cm³/mol. The van der Waals surface area contributed by atoms with Gasteiger partial charge in [-0.25, -0.2) is 0 Å². The average molecular weight is 406 g/mol. The summed E-state index contributed by atoms with van der Waals surface area (Å²) in [6.45, 7) is 6.40. The molecule has 29 heavy (non-hydrogen) atoms. The largest absolute Gasteiger partial charge is 0.493 e. The van der Waals surface area contributed by atoms with E-state index in [4.69, 9.17) is 14.2 Å². The van der Waals surface area contributed by atoms with Crippen molar-refractivity contribution in [3.63, 3.8) is 0 Å². The Morgan fingerprint density at radius 1 is 1.03 bits per heavy atom. The number of carbonyl (C=O) groups is 1. The highest BCUT2D eigenvalue weighted by molar-refractivity contribution is 5.81. The molecule has 1 saturated carbocycles. The second kappa shape index (κ2) is 10.2. The minimum atomic E-state index is -0.0756. The Hall–Kier alpha value is -1.99. The number of hydrogen-bond acceptors (Lipinski definition) is 6. The zero-order valence-corrected chi connectivity index (χ0v) is 18.2. The summed E-state index contributed by atoms with van der Waals surface area (Å²) in [5, 5.41) is 3.23. The lowest BCUT2D eigenvalue weighted by molar-refractivity contribution is -0.127. The Balaban J connectivity index is 1.55. The molecule has 1 aliphatic heterocycles. The van der Waals surface area contributed by atoms with Crippen LogP contribution in [0, 0.1) is 0 Å². The van der Waals surface area contributed by atoms with E-state index in [0.29, 0.717) is 17.5 Å². The zero-order valence-electron chi connectivity index (χ0n) is 18.2. The third-order valence-corrected chi connectivity index (χ3v) is 6.22. The first-order chi connectivity index (χ1) is 14.1. The molecular formula is C22H35N3O4. The molecule has 7 heteroatoms. The summed E-state index contributed by atoms with van der Waals surface area (Å²) in [6, 6.07) is 4.25. The van der Waals surface area contributed by atoms with Crippen molar-refractivity contribution in [2.75, 3.05) is 47.5 Å². The van der Waals surface area contributed by atoms with Gasteiger partial charge < -0.3 is 19.5 Å². The quantitative estimate of drug-likeness (QED) is 0.716. The van der Waals surface area contributed by atoms with Gasteiger partial charge >= 0.3 is 0 Å². The molecule has 7 nitrogen and oxygen atoms in total. The number of rotatable bonds is 8. The Morgan fingerprint density at radius 2 is 1.69 bits per heavy atom. The van der Waals surface area contributed by atoms with Crippen LogP contribution in [0.2, 0.25) is 0 Å². The number of piperazine rings is 1. The Bertz CT molecular complexity index is 683. The van der Waals surface area contributed by atoms with Gasteiger partial charge in [0.15, 0.2) is 11.5 Å². The first-order valence-corrected chi connectivity index (χ1v) is 10.6. The van der Waals surface area contributed by atoms with Crippen molar-refractivity contribution in [2.45, 2.75) is 51.2 Å². The molecule has 162 valence electrons. The van der Waals surface area contributed by atoms with Crippen molar-refractivity contribution in [2.24, 2.45) is 0 Å². The van der Waals surface area contributed by atoms with Crippen molar-refractivity contribution in [3.05, 3.63) is 17.7 Å². The highest BCUT2D eigenvalue weighted by atomic mass is 16.5. The van der Waals surface area contributed by atoms with Gasteiger partial charge in [-0.2, -0.15) is 0 Å². The third-order valence-electron chi connectivity index (χ3n) is 6.22. The fourth-order valence-electron chi connectivity index (χ4n) is 4.40. The van der Waals surface area contributed by atoms with Gasteiger partial charge in [0, 0.05) is 44.3 Å². The standard InChI is InChI=1S/C22H35N3O4/c1-16(22(26)23-18-7-5-6-8-18)25-13-11-24(12-14-25)15-17-9-10-19(27-2)21(29-4)20(17)28-3/h9-10,16,18H,5-8,11-15H2,1-4H3,(H,23,26)/t16-/m1/s1. The van der Waals surface area contributed by atoms with Crippen molar-refractivity contribution in [1.82, 2.24) is 15.1 Å². The molecule has 2 aliphatic rings. The number of benzene rings is 1. The van der Waals surface area contributed by atoms with Crippen LogP contribution >= 0.6 is 0 Å². The van der Waals surface area contributed by atoms with Gasteiger partial charge in [0.05, 0.1) is 27.4 Å². The number of hydrogen-bond donors (Lipinski definition) is 1. The average Bonchev–Trinajstić information content (AvgIpc) is 3.26. The van der Waals surface area contributed by atoms with E-state index in [1.165, 1.54) is 12.8 Å². The molecule has 1 heterocycles. The molecule has 1 aromatic rings. The minimum absolute atomic E-state index is 0.0756. The molecule has 1 saturated heterocycles. The van der Waals surface area contributed by atoms with Gasteiger partial charge in [-0.15, -0.1) is 0 Å². The molecule has 1 aliphatic carbocycles. The van der Waals surface area contributed by atoms with Gasteiger partial charge in [-0.1, -0.05) is 18.9 Å². The van der Waals surface area contributed by atoms with Gasteiger partial charge in [-0.05, 0) is 25.8 Å². The molecule has 3 rings (SSSR count). The number of amides is 1. The van der Waals surface area contributed by atoms with Crippen LogP contribution < -0.4 is 19.5 Å². The van der Waals surface area contributed by atoms with E-state index in [9.17, 15) is 4.79 Å². The second-order valence-corrected chi connectivity index (χ2v) is 7.97. The molecule has 1 amide bonds. The van der Waals surface area contributed by atoms with Gasteiger partial charge in [-0.3, -0.25) is 14.6 Å². The van der Waals surface area contributed by atoms with Crippen LogP contribution in [0.25, 0.3) is 0 Å². The highest BCUT2D eigenvalue weighted by Gasteiger charge is 2.28. The molecular weight excluding hydrogens is 370 g/mol. The number of nitrogens with zero attached hydrogens (tertiary/aromatic N) is 2. The van der Waals surface area contributed by atoms with Crippen molar-refractivity contribution in [1.29, 1.82) is 0 Å². The normalized spacial score (nSPS) is 19.7. The van der Waals surface area contributed by atoms with Gasteiger partial charge in [0.1, 0.15) is 0 Å².